The highest BCUT2D eigenvalue weighted by Crippen LogP contribution is 2.55. The molecule has 41 heavy (non-hydrogen) atoms. The Labute approximate surface area is 242 Å². The summed E-state index contributed by atoms with van der Waals surface area (Å²) in [4.78, 5) is 26.1. The molecule has 0 aliphatic heterocycles. The number of nitrogens with one attached hydrogen (secondary N) is 2. The first-order valence-electron chi connectivity index (χ1n) is 14.9. The third kappa shape index (κ3) is 7.19. The lowest BCUT2D eigenvalue weighted by Gasteiger charge is -2.58. The maximum Gasteiger partial charge on any atom is 0.258 e. The Bertz CT molecular complexity index is 1240. The van der Waals surface area contributed by atoms with Crippen molar-refractivity contribution in [2.24, 2.45) is 23.7 Å². The molecule has 0 saturated heterocycles. The molecule has 1 heterocycles. The Morgan fingerprint density at radius 3 is 2.54 bits per heavy atom. The lowest BCUT2D eigenvalue weighted by Crippen LogP contribution is -2.61. The summed E-state index contributed by atoms with van der Waals surface area (Å²) in [5.41, 5.74) is 0.152. The van der Waals surface area contributed by atoms with E-state index >= 15 is 0 Å². The first-order chi connectivity index (χ1) is 19.5. The molecule has 9 nitrogen and oxygen atoms in total. The average molecular weight is 565 g/mol. The smallest absolute Gasteiger partial charge is 0.258 e. The van der Waals surface area contributed by atoms with E-state index in [4.69, 9.17) is 9.47 Å². The average Bonchev–Trinajstić information content (AvgIpc) is 3.30. The number of nitrogens with zero attached hydrogens (tertiary/aromatic N) is 2. The molecule has 2 atom stereocenters. The number of hydrogen-bond acceptors (Lipinski definition) is 6. The van der Waals surface area contributed by atoms with Crippen LogP contribution in [0.2, 0.25) is 0 Å². The number of carbonyl (C=O) groups excluding carboxylic acids is 2. The molecule has 0 spiro atoms. The minimum absolute atomic E-state index is 0.0533. The van der Waals surface area contributed by atoms with Gasteiger partial charge in [-0.05, 0) is 81.3 Å². The largest absolute Gasteiger partial charge is 0.477 e. The molecular weight excluding hydrogens is 520 g/mol. The second kappa shape index (κ2) is 12.0. The third-order valence-electron chi connectivity index (χ3n) is 8.53. The van der Waals surface area contributed by atoms with Gasteiger partial charge in [-0.15, -0.1) is 0 Å². The first kappa shape index (κ1) is 29.3. The van der Waals surface area contributed by atoms with Gasteiger partial charge in [-0.3, -0.25) is 9.59 Å². The highest BCUT2D eigenvalue weighted by atomic mass is 16.5. The fraction of sp³-hybridized carbons (Fsp3) is 0.594. The molecule has 222 valence electrons. The van der Waals surface area contributed by atoms with Crippen LogP contribution in [0, 0.1) is 23.7 Å². The number of carbonyl (C=O) groups is 2. The van der Waals surface area contributed by atoms with E-state index in [1.807, 2.05) is 64.1 Å². The van der Waals surface area contributed by atoms with Crippen LogP contribution in [0.4, 0.5) is 0 Å². The zero-order chi connectivity index (χ0) is 29.2. The van der Waals surface area contributed by atoms with Gasteiger partial charge in [0, 0.05) is 12.2 Å². The van der Waals surface area contributed by atoms with E-state index in [0.717, 1.165) is 37.7 Å². The summed E-state index contributed by atoms with van der Waals surface area (Å²) in [6.45, 7) is 8.60. The predicted molar refractivity (Wildman–Crippen MR) is 156 cm³/mol. The number of hydrogen-bond donors (Lipinski definition) is 3. The van der Waals surface area contributed by atoms with E-state index in [0.29, 0.717) is 42.4 Å². The van der Waals surface area contributed by atoms with Crippen molar-refractivity contribution in [3.8, 4) is 5.88 Å². The van der Waals surface area contributed by atoms with Crippen molar-refractivity contribution in [3.05, 3.63) is 53.7 Å². The predicted octanol–water partition coefficient (Wildman–Crippen LogP) is 4.17. The number of benzene rings is 1. The van der Waals surface area contributed by atoms with Gasteiger partial charge in [0.15, 0.2) is 0 Å². The van der Waals surface area contributed by atoms with E-state index in [-0.39, 0.29) is 30.4 Å². The Kier molecular flexibility index (Phi) is 8.57. The fourth-order valence-corrected chi connectivity index (χ4v) is 6.98. The second-order valence-corrected chi connectivity index (χ2v) is 13.3. The Balaban J connectivity index is 1.23. The van der Waals surface area contributed by atoms with Gasteiger partial charge in [-0.25, -0.2) is 4.68 Å². The summed E-state index contributed by atoms with van der Waals surface area (Å²) in [5, 5.41) is 21.6. The fourth-order valence-electron chi connectivity index (χ4n) is 6.98. The minimum Gasteiger partial charge on any atom is -0.477 e. The molecule has 9 heteroatoms. The molecule has 4 aliphatic carbocycles. The van der Waals surface area contributed by atoms with E-state index in [2.05, 4.69) is 15.7 Å². The summed E-state index contributed by atoms with van der Waals surface area (Å²) in [6, 6.07) is 9.78. The standard InChI is InChI=1S/C32H44N4O5/c1-21(2)18-41-30-26(29(38)34-28-24-12-23-13-25(28)16-32(39,14-23)15-24)17-33-36(30)11-10-31(3,4)35-27(37)20-40-19-22-8-6-5-7-9-22/h5-11,17,21,23-25,28,39H,12-16,18-20H2,1-4H3,(H,34,38)(H,35,37)/b11-10+/t23?,24?,25?,28-,32-. The minimum atomic E-state index is -0.697. The van der Waals surface area contributed by atoms with E-state index in [1.54, 1.807) is 17.1 Å². The third-order valence-corrected chi connectivity index (χ3v) is 8.53. The molecular formula is C32H44N4O5. The van der Waals surface area contributed by atoms with Crippen LogP contribution in [0.1, 0.15) is 75.7 Å². The lowest BCUT2D eigenvalue weighted by molar-refractivity contribution is -0.137. The van der Waals surface area contributed by atoms with Crippen molar-refractivity contribution >= 4 is 18.0 Å². The van der Waals surface area contributed by atoms with Crippen LogP contribution in [-0.4, -0.2) is 57.1 Å². The van der Waals surface area contributed by atoms with Gasteiger partial charge < -0.3 is 25.2 Å². The summed E-state index contributed by atoms with van der Waals surface area (Å²) < 4.78 is 13.2. The molecule has 4 bridgehead atoms. The van der Waals surface area contributed by atoms with Gasteiger partial charge in [0.2, 0.25) is 11.8 Å². The molecule has 4 saturated carbocycles. The van der Waals surface area contributed by atoms with Crippen molar-refractivity contribution in [2.45, 2.75) is 83.6 Å². The van der Waals surface area contributed by atoms with Gasteiger partial charge in [0.05, 0.1) is 30.6 Å². The van der Waals surface area contributed by atoms with Gasteiger partial charge in [0.1, 0.15) is 12.2 Å². The lowest BCUT2D eigenvalue weighted by atomic mass is 9.52. The van der Waals surface area contributed by atoms with Crippen LogP contribution in [0.3, 0.4) is 0 Å². The molecule has 3 N–H and O–H groups in total. The van der Waals surface area contributed by atoms with Crippen molar-refractivity contribution < 1.29 is 24.2 Å². The van der Waals surface area contributed by atoms with Crippen LogP contribution in [0.25, 0.3) is 6.20 Å². The van der Waals surface area contributed by atoms with Crippen LogP contribution in [0.5, 0.6) is 5.88 Å². The maximum absolute atomic E-state index is 13.5. The first-order valence-corrected chi connectivity index (χ1v) is 14.9. The maximum atomic E-state index is 13.5. The highest BCUT2D eigenvalue weighted by Gasteiger charge is 2.55. The monoisotopic (exact) mass is 564 g/mol. The van der Waals surface area contributed by atoms with Crippen LogP contribution in [-0.2, 0) is 16.1 Å². The normalized spacial score (nSPS) is 27.0. The number of aromatic nitrogens is 2. The molecule has 4 fully saturated rings. The molecule has 1 aromatic carbocycles. The number of amides is 2. The zero-order valence-corrected chi connectivity index (χ0v) is 24.6. The summed E-state index contributed by atoms with van der Waals surface area (Å²) in [6.07, 6.45) is 9.66. The zero-order valence-electron chi connectivity index (χ0n) is 24.6. The van der Waals surface area contributed by atoms with Gasteiger partial charge in [0.25, 0.3) is 5.91 Å². The van der Waals surface area contributed by atoms with Gasteiger partial charge in [-0.1, -0.05) is 44.2 Å². The number of rotatable bonds is 12. The quantitative estimate of drug-likeness (QED) is 0.357. The van der Waals surface area contributed by atoms with Crippen molar-refractivity contribution in [3.63, 3.8) is 0 Å². The Morgan fingerprint density at radius 2 is 1.88 bits per heavy atom. The second-order valence-electron chi connectivity index (χ2n) is 13.3. The van der Waals surface area contributed by atoms with Gasteiger partial charge in [-0.2, -0.15) is 5.10 Å². The Hall–Kier alpha value is -3.17. The molecule has 1 aromatic heterocycles. The summed E-state index contributed by atoms with van der Waals surface area (Å²) in [5.74, 6) is 1.40. The number of aliphatic hydroxyl groups is 1. The SMILES string of the molecule is CC(C)COc1c(C(=O)N[C@H]2C3CC4CC2C[C@](O)(C4)C3)cnn1/C=C/C(C)(C)NC(=O)COCc1ccccc1. The molecule has 4 aliphatic rings. The van der Waals surface area contributed by atoms with E-state index in [1.165, 1.54) is 0 Å². The Morgan fingerprint density at radius 1 is 1.17 bits per heavy atom. The van der Waals surface area contributed by atoms with E-state index in [9.17, 15) is 14.7 Å². The molecule has 2 unspecified atom stereocenters. The molecule has 2 amide bonds. The molecule has 0 radical (unpaired) electrons. The summed E-state index contributed by atoms with van der Waals surface area (Å²) >= 11 is 0. The van der Waals surface area contributed by atoms with Crippen LogP contribution >= 0.6 is 0 Å². The van der Waals surface area contributed by atoms with Crippen molar-refractivity contribution in [2.75, 3.05) is 13.2 Å². The highest BCUT2D eigenvalue weighted by molar-refractivity contribution is 5.96. The van der Waals surface area contributed by atoms with Crippen LogP contribution in [0.15, 0.2) is 42.6 Å². The molecule has 6 rings (SSSR count). The summed E-state index contributed by atoms with van der Waals surface area (Å²) in [7, 11) is 0. The van der Waals surface area contributed by atoms with Crippen molar-refractivity contribution in [1.29, 1.82) is 0 Å². The van der Waals surface area contributed by atoms with Crippen LogP contribution < -0.4 is 15.4 Å². The van der Waals surface area contributed by atoms with Gasteiger partial charge >= 0.3 is 0 Å². The topological polar surface area (TPSA) is 115 Å². The van der Waals surface area contributed by atoms with E-state index < -0.39 is 11.1 Å². The van der Waals surface area contributed by atoms with Crippen molar-refractivity contribution in [1.82, 2.24) is 20.4 Å². The molecule has 2 aromatic rings. The number of ether oxygens (including phenoxy) is 2.